The van der Waals surface area contributed by atoms with Gasteiger partial charge in [-0.15, -0.1) is 0 Å². The maximum absolute atomic E-state index is 11.0. The molecule has 19 heavy (non-hydrogen) atoms. The lowest BCUT2D eigenvalue weighted by Gasteiger charge is -2.17. The highest BCUT2D eigenvalue weighted by Crippen LogP contribution is 2.26. The van der Waals surface area contributed by atoms with Crippen LogP contribution in [0.25, 0.3) is 0 Å². The molecule has 102 valence electrons. The monoisotopic (exact) mass is 263 g/mol. The number of hydrogen-bond donors (Lipinski definition) is 2. The molecule has 1 atom stereocenters. The number of aromatic nitrogens is 1. The molecular formula is C12H17N5O2. The van der Waals surface area contributed by atoms with E-state index in [-0.39, 0.29) is 23.1 Å². The molecule has 0 aliphatic carbocycles. The lowest BCUT2D eigenvalue weighted by atomic mass is 10.1. The second-order valence-corrected chi connectivity index (χ2v) is 4.14. The summed E-state index contributed by atoms with van der Waals surface area (Å²) in [4.78, 5) is 14.4. The number of nitro groups is 1. The van der Waals surface area contributed by atoms with Crippen LogP contribution in [0.3, 0.4) is 0 Å². The van der Waals surface area contributed by atoms with Gasteiger partial charge in [-0.25, -0.2) is 4.98 Å². The Hall–Kier alpha value is -2.20. The minimum atomic E-state index is -0.596. The fourth-order valence-electron chi connectivity index (χ4n) is 1.73. The number of unbranched alkanes of at least 4 members (excludes halogenated alkanes) is 1. The van der Waals surface area contributed by atoms with Crippen LogP contribution in [0.15, 0.2) is 12.3 Å². The first-order valence-corrected chi connectivity index (χ1v) is 6.14. The van der Waals surface area contributed by atoms with Gasteiger partial charge in [-0.1, -0.05) is 19.8 Å². The first kappa shape index (κ1) is 14.9. The Balaban J connectivity index is 3.00. The molecule has 1 heterocycles. The molecule has 0 amide bonds. The van der Waals surface area contributed by atoms with Crippen LogP contribution in [0.4, 0.5) is 11.5 Å². The second kappa shape index (κ2) is 7.28. The summed E-state index contributed by atoms with van der Waals surface area (Å²) in [5, 5.41) is 22.9. The predicted octanol–water partition coefficient (Wildman–Crippen LogP) is 1.79. The van der Waals surface area contributed by atoms with E-state index in [9.17, 15) is 10.1 Å². The van der Waals surface area contributed by atoms with E-state index in [0.717, 1.165) is 19.3 Å². The first-order chi connectivity index (χ1) is 9.13. The zero-order valence-corrected chi connectivity index (χ0v) is 10.8. The SMILES string of the molecule is CCCCC(CN)Nc1nccc(C#N)c1[N+](=O)[O-]. The summed E-state index contributed by atoms with van der Waals surface area (Å²) in [6.07, 6.45) is 4.18. The molecule has 7 heteroatoms. The summed E-state index contributed by atoms with van der Waals surface area (Å²) in [5.74, 6) is 0.107. The Morgan fingerprint density at radius 1 is 1.68 bits per heavy atom. The van der Waals surface area contributed by atoms with Crippen molar-refractivity contribution in [2.75, 3.05) is 11.9 Å². The Bertz CT molecular complexity index is 483. The van der Waals surface area contributed by atoms with Gasteiger partial charge in [0.2, 0.25) is 5.82 Å². The number of nitrogens with zero attached hydrogens (tertiary/aromatic N) is 3. The lowest BCUT2D eigenvalue weighted by Crippen LogP contribution is -2.29. The molecule has 0 aromatic carbocycles. The Morgan fingerprint density at radius 3 is 2.95 bits per heavy atom. The summed E-state index contributed by atoms with van der Waals surface area (Å²) >= 11 is 0. The van der Waals surface area contributed by atoms with Gasteiger partial charge in [0.15, 0.2) is 0 Å². The largest absolute Gasteiger partial charge is 0.360 e. The van der Waals surface area contributed by atoms with Crippen molar-refractivity contribution >= 4 is 11.5 Å². The summed E-state index contributed by atoms with van der Waals surface area (Å²) in [5.41, 5.74) is 5.34. The van der Waals surface area contributed by atoms with Crippen molar-refractivity contribution in [2.24, 2.45) is 5.73 Å². The zero-order valence-electron chi connectivity index (χ0n) is 10.8. The van der Waals surface area contributed by atoms with Crippen molar-refractivity contribution in [1.29, 1.82) is 5.26 Å². The number of rotatable bonds is 7. The van der Waals surface area contributed by atoms with Crippen LogP contribution in [0.5, 0.6) is 0 Å². The molecule has 0 saturated heterocycles. The minimum absolute atomic E-state index is 0.00578. The van der Waals surface area contributed by atoms with Gasteiger partial charge in [-0.05, 0) is 12.5 Å². The Kier molecular flexibility index (Phi) is 5.70. The second-order valence-electron chi connectivity index (χ2n) is 4.14. The molecule has 1 aromatic heterocycles. The molecule has 1 rings (SSSR count). The van der Waals surface area contributed by atoms with Gasteiger partial charge in [-0.2, -0.15) is 5.26 Å². The minimum Gasteiger partial charge on any atom is -0.360 e. The van der Waals surface area contributed by atoms with Crippen molar-refractivity contribution in [3.63, 3.8) is 0 Å². The fourth-order valence-corrected chi connectivity index (χ4v) is 1.73. The molecule has 0 aliphatic rings. The third kappa shape index (κ3) is 3.89. The number of pyridine rings is 1. The van der Waals surface area contributed by atoms with Crippen LogP contribution >= 0.6 is 0 Å². The quantitative estimate of drug-likeness (QED) is 0.572. The van der Waals surface area contributed by atoms with E-state index >= 15 is 0 Å². The molecule has 1 unspecified atom stereocenters. The first-order valence-electron chi connectivity index (χ1n) is 6.14. The van der Waals surface area contributed by atoms with Crippen molar-refractivity contribution in [3.05, 3.63) is 27.9 Å². The van der Waals surface area contributed by atoms with Crippen LogP contribution in [0.2, 0.25) is 0 Å². The number of nitrogens with two attached hydrogens (primary N) is 1. The number of anilines is 1. The van der Waals surface area contributed by atoms with Gasteiger partial charge in [0, 0.05) is 18.8 Å². The average molecular weight is 263 g/mol. The molecule has 1 aromatic rings. The van der Waals surface area contributed by atoms with Gasteiger partial charge in [0.25, 0.3) is 0 Å². The highest BCUT2D eigenvalue weighted by molar-refractivity contribution is 5.64. The molecule has 3 N–H and O–H groups in total. The molecule has 0 aliphatic heterocycles. The van der Waals surface area contributed by atoms with Crippen LogP contribution in [-0.4, -0.2) is 22.5 Å². The number of nitrogens with one attached hydrogen (secondary N) is 1. The van der Waals surface area contributed by atoms with Gasteiger partial charge in [0.1, 0.15) is 11.6 Å². The molecule has 0 saturated carbocycles. The smallest absolute Gasteiger partial charge is 0.328 e. The van der Waals surface area contributed by atoms with E-state index in [1.807, 2.05) is 0 Å². The van der Waals surface area contributed by atoms with Crippen molar-refractivity contribution < 1.29 is 4.92 Å². The standard InChI is InChI=1S/C12H17N5O2/c1-2-3-4-10(8-14)16-12-11(17(18)19)9(7-13)5-6-15-12/h5-6,10H,2-4,8,14H2,1H3,(H,15,16). The van der Waals surface area contributed by atoms with Crippen molar-refractivity contribution in [1.82, 2.24) is 4.98 Å². The van der Waals surface area contributed by atoms with E-state index in [4.69, 9.17) is 11.0 Å². The molecule has 0 spiro atoms. The topological polar surface area (TPSA) is 118 Å². The molecule has 7 nitrogen and oxygen atoms in total. The lowest BCUT2D eigenvalue weighted by molar-refractivity contribution is -0.384. The van der Waals surface area contributed by atoms with E-state index in [0.29, 0.717) is 6.54 Å². The number of nitriles is 1. The summed E-state index contributed by atoms with van der Waals surface area (Å²) in [6.45, 7) is 2.42. The Labute approximate surface area is 111 Å². The summed E-state index contributed by atoms with van der Waals surface area (Å²) < 4.78 is 0. The van der Waals surface area contributed by atoms with E-state index in [1.165, 1.54) is 12.3 Å². The maximum Gasteiger partial charge on any atom is 0.328 e. The molecule has 0 bridgehead atoms. The normalized spacial score (nSPS) is 11.6. The molecule has 0 fully saturated rings. The fraction of sp³-hybridized carbons (Fsp3) is 0.500. The van der Waals surface area contributed by atoms with Crippen LogP contribution in [0.1, 0.15) is 31.7 Å². The molecule has 0 radical (unpaired) electrons. The Morgan fingerprint density at radius 2 is 2.42 bits per heavy atom. The average Bonchev–Trinajstić information content (AvgIpc) is 2.42. The maximum atomic E-state index is 11.0. The number of hydrogen-bond acceptors (Lipinski definition) is 6. The van der Waals surface area contributed by atoms with Gasteiger partial charge >= 0.3 is 5.69 Å². The van der Waals surface area contributed by atoms with Crippen molar-refractivity contribution in [2.45, 2.75) is 32.2 Å². The summed E-state index contributed by atoms with van der Waals surface area (Å²) in [7, 11) is 0. The van der Waals surface area contributed by atoms with Gasteiger partial charge in [0.05, 0.1) is 4.92 Å². The highest BCUT2D eigenvalue weighted by atomic mass is 16.6. The van der Waals surface area contributed by atoms with E-state index in [1.54, 1.807) is 6.07 Å². The van der Waals surface area contributed by atoms with Gasteiger partial charge < -0.3 is 11.1 Å². The van der Waals surface area contributed by atoms with Crippen LogP contribution < -0.4 is 11.1 Å². The van der Waals surface area contributed by atoms with Crippen LogP contribution in [-0.2, 0) is 0 Å². The van der Waals surface area contributed by atoms with Crippen LogP contribution in [0, 0.1) is 21.4 Å². The van der Waals surface area contributed by atoms with E-state index < -0.39 is 4.92 Å². The summed E-state index contributed by atoms with van der Waals surface area (Å²) in [6, 6.07) is 3.04. The predicted molar refractivity (Wildman–Crippen MR) is 71.6 cm³/mol. The molecular weight excluding hydrogens is 246 g/mol. The van der Waals surface area contributed by atoms with Crippen molar-refractivity contribution in [3.8, 4) is 6.07 Å². The third-order valence-electron chi connectivity index (χ3n) is 2.76. The highest BCUT2D eigenvalue weighted by Gasteiger charge is 2.22. The third-order valence-corrected chi connectivity index (χ3v) is 2.76. The van der Waals surface area contributed by atoms with Gasteiger partial charge in [-0.3, -0.25) is 10.1 Å². The van der Waals surface area contributed by atoms with E-state index in [2.05, 4.69) is 17.2 Å². The zero-order chi connectivity index (χ0) is 14.3.